The van der Waals surface area contributed by atoms with Crippen LogP contribution in [0.4, 0.5) is 28.7 Å². The van der Waals surface area contributed by atoms with E-state index in [0.717, 1.165) is 11.4 Å². The molecule has 122 valence electrons. The Morgan fingerprint density at radius 2 is 1.62 bits per heavy atom. The molecule has 0 amide bonds. The summed E-state index contributed by atoms with van der Waals surface area (Å²) in [6.45, 7) is 4.14. The molecule has 3 rings (SSSR count). The lowest BCUT2D eigenvalue weighted by Crippen LogP contribution is -2.05. The van der Waals surface area contributed by atoms with Gasteiger partial charge in [0.2, 0.25) is 0 Å². The molecule has 0 saturated heterocycles. The number of halogens is 1. The maximum Gasteiger partial charge on any atom is 0.159 e. The van der Waals surface area contributed by atoms with Crippen LogP contribution in [-0.4, -0.2) is 9.97 Å². The Hall–Kier alpha value is -2.79. The molecule has 2 aromatic carbocycles. The predicted molar refractivity (Wildman–Crippen MR) is 100 cm³/mol. The van der Waals surface area contributed by atoms with Gasteiger partial charge < -0.3 is 16.4 Å². The highest BCUT2D eigenvalue weighted by atomic mass is 35.5. The van der Waals surface area contributed by atoms with E-state index in [9.17, 15) is 0 Å². The molecule has 0 fully saturated rings. The smallest absolute Gasteiger partial charge is 0.159 e. The second-order valence-corrected chi connectivity index (χ2v) is 5.92. The third-order valence-electron chi connectivity index (χ3n) is 3.78. The summed E-state index contributed by atoms with van der Waals surface area (Å²) in [5.74, 6) is 1.05. The van der Waals surface area contributed by atoms with E-state index in [4.69, 9.17) is 17.3 Å². The molecule has 0 bridgehead atoms. The fraction of sp³-hybridized carbons (Fsp3) is 0.111. The summed E-state index contributed by atoms with van der Waals surface area (Å²) in [4.78, 5) is 8.43. The van der Waals surface area contributed by atoms with Crippen molar-refractivity contribution in [2.45, 2.75) is 13.8 Å². The van der Waals surface area contributed by atoms with E-state index < -0.39 is 0 Å². The van der Waals surface area contributed by atoms with E-state index in [2.05, 4.69) is 46.6 Å². The van der Waals surface area contributed by atoms with Crippen molar-refractivity contribution in [2.75, 3.05) is 16.4 Å². The van der Waals surface area contributed by atoms with Crippen molar-refractivity contribution in [1.82, 2.24) is 9.97 Å². The first-order chi connectivity index (χ1) is 11.5. The van der Waals surface area contributed by atoms with Crippen LogP contribution in [-0.2, 0) is 0 Å². The number of nitrogens with zero attached hydrogens (tertiary/aromatic N) is 2. The Bertz CT molecular complexity index is 879. The monoisotopic (exact) mass is 339 g/mol. The minimum Gasteiger partial charge on any atom is -0.393 e. The van der Waals surface area contributed by atoms with Gasteiger partial charge in [0, 0.05) is 5.69 Å². The lowest BCUT2D eigenvalue weighted by Gasteiger charge is -2.14. The van der Waals surface area contributed by atoms with Crippen molar-refractivity contribution >= 4 is 40.3 Å². The highest BCUT2D eigenvalue weighted by Crippen LogP contribution is 2.31. The Morgan fingerprint density at radius 3 is 2.33 bits per heavy atom. The van der Waals surface area contributed by atoms with Crippen LogP contribution in [0, 0.1) is 13.8 Å². The number of aromatic nitrogens is 2. The number of nitrogen functional groups attached to an aromatic ring is 1. The molecule has 3 aromatic rings. The maximum atomic E-state index is 6.20. The number of aryl methyl sites for hydroxylation is 2. The fourth-order valence-corrected chi connectivity index (χ4v) is 2.42. The highest BCUT2D eigenvalue weighted by Gasteiger charge is 2.10. The Kier molecular flexibility index (Phi) is 4.53. The van der Waals surface area contributed by atoms with Gasteiger partial charge in [-0.15, -0.1) is 0 Å². The number of anilines is 5. The molecule has 0 aliphatic heterocycles. The van der Waals surface area contributed by atoms with Crippen molar-refractivity contribution in [3.63, 3.8) is 0 Å². The Labute approximate surface area is 145 Å². The second kappa shape index (κ2) is 6.76. The first-order valence-electron chi connectivity index (χ1n) is 7.51. The van der Waals surface area contributed by atoms with Crippen LogP contribution in [0.5, 0.6) is 0 Å². The van der Waals surface area contributed by atoms with Crippen LogP contribution in [0.15, 0.2) is 48.8 Å². The summed E-state index contributed by atoms with van der Waals surface area (Å²) in [5, 5.41) is 6.97. The molecule has 24 heavy (non-hydrogen) atoms. The van der Waals surface area contributed by atoms with E-state index in [0.29, 0.717) is 22.3 Å². The molecule has 0 aliphatic rings. The standard InChI is InChI=1S/C18H18ClN5/c1-11-7-8-13(9-12(11)2)23-17-16(20)18(22-10-21-17)24-15-6-4-3-5-14(15)19/h3-10H,20H2,1-2H3,(H2,21,22,23,24). The van der Waals surface area contributed by atoms with Gasteiger partial charge in [-0.3, -0.25) is 0 Å². The van der Waals surface area contributed by atoms with Crippen molar-refractivity contribution in [3.05, 3.63) is 64.9 Å². The molecule has 6 heteroatoms. The van der Waals surface area contributed by atoms with E-state index >= 15 is 0 Å². The third-order valence-corrected chi connectivity index (χ3v) is 4.11. The van der Waals surface area contributed by atoms with Crippen LogP contribution in [0.1, 0.15) is 11.1 Å². The first kappa shape index (κ1) is 16.1. The molecule has 0 spiro atoms. The zero-order chi connectivity index (χ0) is 17.1. The third kappa shape index (κ3) is 3.41. The Morgan fingerprint density at radius 1 is 0.917 bits per heavy atom. The molecule has 0 unspecified atom stereocenters. The molecular weight excluding hydrogens is 322 g/mol. The van der Waals surface area contributed by atoms with Crippen LogP contribution in [0.3, 0.4) is 0 Å². The maximum absolute atomic E-state index is 6.20. The number of nitrogens with one attached hydrogen (secondary N) is 2. The lowest BCUT2D eigenvalue weighted by molar-refractivity contribution is 1.17. The van der Waals surface area contributed by atoms with E-state index in [1.807, 2.05) is 24.3 Å². The molecule has 1 aromatic heterocycles. The minimum absolute atomic E-state index is 0.427. The largest absolute Gasteiger partial charge is 0.393 e. The quantitative estimate of drug-likeness (QED) is 0.635. The number of nitrogens with two attached hydrogens (primary N) is 1. The minimum atomic E-state index is 0.427. The zero-order valence-corrected chi connectivity index (χ0v) is 14.2. The lowest BCUT2D eigenvalue weighted by atomic mass is 10.1. The number of para-hydroxylation sites is 1. The predicted octanol–water partition coefficient (Wildman–Crippen LogP) is 4.82. The topological polar surface area (TPSA) is 75.9 Å². The number of hydrogen-bond donors (Lipinski definition) is 3. The van der Waals surface area contributed by atoms with Gasteiger partial charge in [-0.25, -0.2) is 9.97 Å². The van der Waals surface area contributed by atoms with E-state index in [-0.39, 0.29) is 0 Å². The molecule has 5 nitrogen and oxygen atoms in total. The van der Waals surface area contributed by atoms with Crippen LogP contribution < -0.4 is 16.4 Å². The summed E-state index contributed by atoms with van der Waals surface area (Å²) < 4.78 is 0. The van der Waals surface area contributed by atoms with Crippen LogP contribution in [0.25, 0.3) is 0 Å². The van der Waals surface area contributed by atoms with Crippen LogP contribution in [0.2, 0.25) is 5.02 Å². The molecule has 0 saturated carbocycles. The number of benzene rings is 2. The van der Waals surface area contributed by atoms with Gasteiger partial charge in [-0.1, -0.05) is 29.8 Å². The first-order valence-corrected chi connectivity index (χ1v) is 7.88. The van der Waals surface area contributed by atoms with E-state index in [1.54, 1.807) is 6.07 Å². The molecule has 0 atom stereocenters. The fourth-order valence-electron chi connectivity index (χ4n) is 2.24. The van der Waals surface area contributed by atoms with Crippen molar-refractivity contribution in [2.24, 2.45) is 0 Å². The molecule has 1 heterocycles. The zero-order valence-electron chi connectivity index (χ0n) is 13.5. The van der Waals surface area contributed by atoms with Gasteiger partial charge in [0.1, 0.15) is 12.0 Å². The number of rotatable bonds is 4. The van der Waals surface area contributed by atoms with Gasteiger partial charge >= 0.3 is 0 Å². The summed E-state index contributed by atoms with van der Waals surface area (Å²) in [6, 6.07) is 13.5. The average molecular weight is 340 g/mol. The average Bonchev–Trinajstić information content (AvgIpc) is 2.57. The van der Waals surface area contributed by atoms with Crippen molar-refractivity contribution in [1.29, 1.82) is 0 Å². The SMILES string of the molecule is Cc1ccc(Nc2ncnc(Nc3ccccc3Cl)c2N)cc1C. The van der Waals surface area contributed by atoms with Gasteiger partial charge in [0.15, 0.2) is 11.6 Å². The summed E-state index contributed by atoms with van der Waals surface area (Å²) in [7, 11) is 0. The van der Waals surface area contributed by atoms with Crippen molar-refractivity contribution in [3.8, 4) is 0 Å². The number of hydrogen-bond acceptors (Lipinski definition) is 5. The highest BCUT2D eigenvalue weighted by molar-refractivity contribution is 6.33. The van der Waals surface area contributed by atoms with Gasteiger partial charge in [0.25, 0.3) is 0 Å². The van der Waals surface area contributed by atoms with Crippen molar-refractivity contribution < 1.29 is 0 Å². The summed E-state index contributed by atoms with van der Waals surface area (Å²) >= 11 is 6.17. The second-order valence-electron chi connectivity index (χ2n) is 5.51. The van der Waals surface area contributed by atoms with Crippen LogP contribution >= 0.6 is 11.6 Å². The van der Waals surface area contributed by atoms with Gasteiger partial charge in [-0.05, 0) is 49.2 Å². The molecule has 0 aliphatic carbocycles. The molecule has 4 N–H and O–H groups in total. The molecule has 0 radical (unpaired) electrons. The van der Waals surface area contributed by atoms with E-state index in [1.165, 1.54) is 17.5 Å². The van der Waals surface area contributed by atoms with Gasteiger partial charge in [-0.2, -0.15) is 0 Å². The summed E-state index contributed by atoms with van der Waals surface area (Å²) in [6.07, 6.45) is 1.46. The molecular formula is C18H18ClN5. The summed E-state index contributed by atoms with van der Waals surface area (Å²) in [5.41, 5.74) is 10.7. The Balaban J connectivity index is 1.88. The normalized spacial score (nSPS) is 10.5. The van der Waals surface area contributed by atoms with Gasteiger partial charge in [0.05, 0.1) is 10.7 Å².